The van der Waals surface area contributed by atoms with Crippen molar-refractivity contribution in [3.63, 3.8) is 0 Å². The van der Waals surface area contributed by atoms with Crippen LogP contribution in [0.4, 0.5) is 5.69 Å². The molecule has 3 aromatic carbocycles. The van der Waals surface area contributed by atoms with E-state index in [1.165, 1.54) is 16.9 Å². The molecule has 0 bridgehead atoms. The molecule has 27 heavy (non-hydrogen) atoms. The number of nitrogens with zero attached hydrogens (tertiary/aromatic N) is 2. The molecule has 0 unspecified atom stereocenters. The van der Waals surface area contributed by atoms with E-state index in [9.17, 15) is 5.26 Å². The Balaban J connectivity index is 1.62. The van der Waals surface area contributed by atoms with E-state index in [-0.39, 0.29) is 0 Å². The average molecular weight is 367 g/mol. The second kappa shape index (κ2) is 7.45. The van der Waals surface area contributed by atoms with Crippen LogP contribution in [0, 0.1) is 18.3 Å². The number of aryl methyl sites for hydroxylation is 1. The molecule has 130 valence electrons. The van der Waals surface area contributed by atoms with E-state index in [0.717, 1.165) is 27.7 Å². The summed E-state index contributed by atoms with van der Waals surface area (Å²) in [7, 11) is 0. The fourth-order valence-corrected chi connectivity index (χ4v) is 3.69. The van der Waals surface area contributed by atoms with Crippen LogP contribution >= 0.6 is 11.3 Å². The second-order valence-corrected chi connectivity index (χ2v) is 7.10. The molecule has 0 radical (unpaired) electrons. The highest BCUT2D eigenvalue weighted by Gasteiger charge is 2.09. The number of fused-ring (bicyclic) bond motifs is 1. The quantitative estimate of drug-likeness (QED) is 0.434. The number of thiazole rings is 1. The zero-order valence-corrected chi connectivity index (χ0v) is 15.6. The molecule has 0 saturated carbocycles. The van der Waals surface area contributed by atoms with Crippen molar-refractivity contribution in [1.82, 2.24) is 4.98 Å². The highest BCUT2D eigenvalue weighted by atomic mass is 32.1. The molecule has 0 saturated heterocycles. The van der Waals surface area contributed by atoms with E-state index in [0.29, 0.717) is 10.6 Å². The fourth-order valence-electron chi connectivity index (χ4n) is 2.90. The minimum absolute atomic E-state index is 0.520. The third-order valence-electron chi connectivity index (χ3n) is 4.36. The van der Waals surface area contributed by atoms with Crippen molar-refractivity contribution in [3.8, 4) is 17.3 Å². The van der Waals surface area contributed by atoms with E-state index in [1.54, 1.807) is 6.20 Å². The predicted octanol–water partition coefficient (Wildman–Crippen LogP) is 6.25. The van der Waals surface area contributed by atoms with Gasteiger partial charge in [0.1, 0.15) is 16.6 Å². The summed E-state index contributed by atoms with van der Waals surface area (Å²) in [6.07, 6.45) is 1.74. The molecule has 4 aromatic rings. The summed E-state index contributed by atoms with van der Waals surface area (Å²) in [5, 5.41) is 17.8. The van der Waals surface area contributed by atoms with Crippen LogP contribution in [-0.2, 0) is 0 Å². The SMILES string of the molecule is Cc1ccc(-c2csc(/C(C#N)=C/Nc3cccc4ccccc34)n2)cc1. The van der Waals surface area contributed by atoms with Crippen molar-refractivity contribution in [1.29, 1.82) is 5.26 Å². The summed E-state index contributed by atoms with van der Waals surface area (Å²) < 4.78 is 0. The average Bonchev–Trinajstić information content (AvgIpc) is 3.19. The Labute approximate surface area is 162 Å². The molecule has 0 aliphatic rings. The number of allylic oxidation sites excluding steroid dienone is 1. The van der Waals surface area contributed by atoms with E-state index in [4.69, 9.17) is 0 Å². The molecule has 1 aromatic heterocycles. The first-order chi connectivity index (χ1) is 13.2. The highest BCUT2D eigenvalue weighted by molar-refractivity contribution is 7.11. The lowest BCUT2D eigenvalue weighted by molar-refractivity contribution is 1.36. The summed E-state index contributed by atoms with van der Waals surface area (Å²) >= 11 is 1.48. The summed E-state index contributed by atoms with van der Waals surface area (Å²) in [6, 6.07) is 24.8. The van der Waals surface area contributed by atoms with Gasteiger partial charge in [0, 0.05) is 28.2 Å². The topological polar surface area (TPSA) is 48.7 Å². The predicted molar refractivity (Wildman–Crippen MR) is 113 cm³/mol. The van der Waals surface area contributed by atoms with Crippen molar-refractivity contribution in [3.05, 3.63) is 88.9 Å². The van der Waals surface area contributed by atoms with Gasteiger partial charge in [-0.2, -0.15) is 5.26 Å². The molecule has 1 N–H and O–H groups in total. The minimum Gasteiger partial charge on any atom is -0.360 e. The number of nitriles is 1. The van der Waals surface area contributed by atoms with Crippen molar-refractivity contribution in [2.75, 3.05) is 5.32 Å². The summed E-state index contributed by atoms with van der Waals surface area (Å²) in [5.41, 5.74) is 4.65. The molecule has 0 amide bonds. The molecular formula is C23H17N3S. The standard InChI is InChI=1S/C23H17N3S/c1-16-9-11-18(12-10-16)22-15-27-23(26-22)19(13-24)14-25-21-8-4-6-17-5-2-3-7-20(17)21/h2-12,14-15,25H,1H3/b19-14+. The molecule has 0 atom stereocenters. The number of anilines is 1. The van der Waals surface area contributed by atoms with E-state index >= 15 is 0 Å². The first-order valence-electron chi connectivity index (χ1n) is 8.62. The number of rotatable bonds is 4. The van der Waals surface area contributed by atoms with Gasteiger partial charge in [0.2, 0.25) is 0 Å². The summed E-state index contributed by atoms with van der Waals surface area (Å²) in [5.74, 6) is 0. The second-order valence-electron chi connectivity index (χ2n) is 6.24. The largest absolute Gasteiger partial charge is 0.360 e. The van der Waals surface area contributed by atoms with Crippen molar-refractivity contribution >= 4 is 33.4 Å². The van der Waals surface area contributed by atoms with Crippen LogP contribution < -0.4 is 5.32 Å². The van der Waals surface area contributed by atoms with Crippen LogP contribution in [0.5, 0.6) is 0 Å². The van der Waals surface area contributed by atoms with Gasteiger partial charge in [-0.25, -0.2) is 4.98 Å². The van der Waals surface area contributed by atoms with Crippen LogP contribution in [0.2, 0.25) is 0 Å². The minimum atomic E-state index is 0.520. The van der Waals surface area contributed by atoms with E-state index in [1.807, 2.05) is 29.6 Å². The molecule has 0 fully saturated rings. The molecule has 1 heterocycles. The Kier molecular flexibility index (Phi) is 4.69. The number of nitrogens with one attached hydrogen (secondary N) is 1. The lowest BCUT2D eigenvalue weighted by Crippen LogP contribution is -1.92. The Hall–Kier alpha value is -3.42. The molecule has 3 nitrogen and oxygen atoms in total. The maximum absolute atomic E-state index is 9.60. The molecule has 0 spiro atoms. The van der Waals surface area contributed by atoms with Crippen molar-refractivity contribution < 1.29 is 0 Å². The van der Waals surface area contributed by atoms with Gasteiger partial charge in [-0.15, -0.1) is 11.3 Å². The lowest BCUT2D eigenvalue weighted by atomic mass is 10.1. The van der Waals surface area contributed by atoms with E-state index < -0.39 is 0 Å². The van der Waals surface area contributed by atoms with Gasteiger partial charge in [0.15, 0.2) is 0 Å². The van der Waals surface area contributed by atoms with E-state index in [2.05, 4.69) is 65.8 Å². The Bertz CT molecular complexity index is 1160. The maximum atomic E-state index is 9.60. The van der Waals surface area contributed by atoms with Gasteiger partial charge in [-0.1, -0.05) is 66.2 Å². The third-order valence-corrected chi connectivity index (χ3v) is 5.24. The molecule has 4 heteroatoms. The monoisotopic (exact) mass is 367 g/mol. The van der Waals surface area contributed by atoms with Crippen molar-refractivity contribution in [2.45, 2.75) is 6.92 Å². The fraction of sp³-hybridized carbons (Fsp3) is 0.0435. The first-order valence-corrected chi connectivity index (χ1v) is 9.50. The third kappa shape index (κ3) is 3.59. The number of benzene rings is 3. The van der Waals surface area contributed by atoms with Crippen LogP contribution in [0.15, 0.2) is 78.3 Å². The maximum Gasteiger partial charge on any atom is 0.136 e. The van der Waals surface area contributed by atoms with Gasteiger partial charge < -0.3 is 5.32 Å². The molecule has 0 aliphatic heterocycles. The summed E-state index contributed by atoms with van der Waals surface area (Å²) in [4.78, 5) is 4.64. The number of hydrogen-bond donors (Lipinski definition) is 1. The molecule has 0 aliphatic carbocycles. The van der Waals surface area contributed by atoms with Gasteiger partial charge in [0.25, 0.3) is 0 Å². The molecular weight excluding hydrogens is 350 g/mol. The van der Waals surface area contributed by atoms with Gasteiger partial charge in [-0.3, -0.25) is 0 Å². The normalized spacial score (nSPS) is 11.3. The Morgan fingerprint density at radius 2 is 1.81 bits per heavy atom. The number of hydrogen-bond acceptors (Lipinski definition) is 4. The lowest BCUT2D eigenvalue weighted by Gasteiger charge is -2.06. The summed E-state index contributed by atoms with van der Waals surface area (Å²) in [6.45, 7) is 2.06. The first kappa shape index (κ1) is 17.0. The van der Waals surface area contributed by atoms with Crippen LogP contribution in [0.3, 0.4) is 0 Å². The number of aromatic nitrogens is 1. The van der Waals surface area contributed by atoms with Crippen LogP contribution in [-0.4, -0.2) is 4.98 Å². The smallest absolute Gasteiger partial charge is 0.136 e. The van der Waals surface area contributed by atoms with Gasteiger partial charge >= 0.3 is 0 Å². The van der Waals surface area contributed by atoms with Gasteiger partial charge in [-0.05, 0) is 18.4 Å². The highest BCUT2D eigenvalue weighted by Crippen LogP contribution is 2.27. The van der Waals surface area contributed by atoms with Crippen LogP contribution in [0.25, 0.3) is 27.6 Å². The zero-order chi connectivity index (χ0) is 18.6. The molecule has 4 rings (SSSR count). The van der Waals surface area contributed by atoms with Crippen LogP contribution in [0.1, 0.15) is 10.6 Å². The van der Waals surface area contributed by atoms with Crippen molar-refractivity contribution in [2.24, 2.45) is 0 Å². The zero-order valence-electron chi connectivity index (χ0n) is 14.8. The Morgan fingerprint density at radius 1 is 1.04 bits per heavy atom. The Morgan fingerprint density at radius 3 is 2.63 bits per heavy atom. The van der Waals surface area contributed by atoms with Gasteiger partial charge in [0.05, 0.1) is 5.69 Å².